The number of amides is 2. The van der Waals surface area contributed by atoms with Crippen LogP contribution in [0.4, 0.5) is 11.4 Å². The number of ether oxygens (including phenoxy) is 1. The molecule has 43 heavy (non-hydrogen) atoms. The summed E-state index contributed by atoms with van der Waals surface area (Å²) in [5.74, 6) is -1.10. The average Bonchev–Trinajstić information content (AvgIpc) is 3.58. The summed E-state index contributed by atoms with van der Waals surface area (Å²) in [6, 6.07) is 12.5. The summed E-state index contributed by atoms with van der Waals surface area (Å²) in [6.45, 7) is 7.79. The summed E-state index contributed by atoms with van der Waals surface area (Å²) < 4.78 is 8.54. The molecule has 230 valence electrons. The normalized spacial score (nSPS) is 24.0. The quantitative estimate of drug-likeness (QED) is 0.250. The van der Waals surface area contributed by atoms with Crippen LogP contribution in [0.5, 0.6) is 0 Å². The molecule has 4 N–H and O–H groups in total. The van der Waals surface area contributed by atoms with Gasteiger partial charge in [-0.2, -0.15) is 0 Å². The molecule has 2 aliphatic heterocycles. The van der Waals surface area contributed by atoms with Crippen LogP contribution in [0.3, 0.4) is 0 Å². The highest BCUT2D eigenvalue weighted by Crippen LogP contribution is 2.60. The zero-order valence-corrected chi connectivity index (χ0v) is 26.5. The van der Waals surface area contributed by atoms with Crippen molar-refractivity contribution < 1.29 is 29.3 Å². The Balaban J connectivity index is 1.47. The third-order valence-electron chi connectivity index (χ3n) is 8.46. The standard InChI is InChI=1S/C30H38ClN5O6Si/c1-18-27(43(3,4)41)26(10-12-35-17-23(11-13-37)33-34-35)42-30(18)24-15-21(31)8-9-25(24)36(29(30)40)16-20-6-5-7-22(14-20)32-28(39)19(2)38/h5-9,14-15,17-19,26-27,37-38,41H,10-13,16H2,1-4H3,(H,32,39)/t18-,19+,26+,27-,30+/m1/s1. The van der Waals surface area contributed by atoms with Crippen molar-refractivity contribution in [2.75, 3.05) is 16.8 Å². The van der Waals surface area contributed by atoms with Gasteiger partial charge in [0.05, 0.1) is 24.0 Å². The number of rotatable bonds is 10. The van der Waals surface area contributed by atoms with Crippen molar-refractivity contribution in [3.8, 4) is 0 Å². The molecule has 0 bridgehead atoms. The number of fused-ring (bicyclic) bond motifs is 2. The second-order valence-corrected chi connectivity index (χ2v) is 16.4. The fraction of sp³-hybridized carbons (Fsp3) is 0.467. The molecule has 0 saturated carbocycles. The van der Waals surface area contributed by atoms with Crippen LogP contribution < -0.4 is 10.2 Å². The Bertz CT molecular complexity index is 1510. The minimum Gasteiger partial charge on any atom is -0.432 e. The van der Waals surface area contributed by atoms with E-state index in [2.05, 4.69) is 15.6 Å². The van der Waals surface area contributed by atoms with Crippen molar-refractivity contribution in [3.05, 3.63) is 70.5 Å². The van der Waals surface area contributed by atoms with Gasteiger partial charge in [0.1, 0.15) is 6.10 Å². The highest BCUT2D eigenvalue weighted by molar-refractivity contribution is 6.71. The fourth-order valence-electron chi connectivity index (χ4n) is 6.59. The van der Waals surface area contributed by atoms with Crippen LogP contribution in [0, 0.1) is 5.92 Å². The first-order valence-electron chi connectivity index (χ1n) is 14.4. The maximum absolute atomic E-state index is 14.6. The molecule has 1 spiro atoms. The van der Waals surface area contributed by atoms with Gasteiger partial charge in [-0.25, -0.2) is 0 Å². The van der Waals surface area contributed by atoms with Crippen molar-refractivity contribution >= 4 is 43.1 Å². The topological polar surface area (TPSA) is 150 Å². The maximum atomic E-state index is 14.6. The third-order valence-corrected chi connectivity index (χ3v) is 11.2. The van der Waals surface area contributed by atoms with Gasteiger partial charge in [-0.15, -0.1) is 5.10 Å². The van der Waals surface area contributed by atoms with Crippen LogP contribution in [0.2, 0.25) is 23.7 Å². The van der Waals surface area contributed by atoms with E-state index in [1.807, 2.05) is 32.2 Å². The van der Waals surface area contributed by atoms with E-state index in [1.54, 1.807) is 46.1 Å². The van der Waals surface area contributed by atoms with Gasteiger partial charge in [-0.05, 0) is 62.3 Å². The summed E-state index contributed by atoms with van der Waals surface area (Å²) in [4.78, 5) is 39.8. The Morgan fingerprint density at radius 3 is 2.72 bits per heavy atom. The number of hydrogen-bond acceptors (Lipinski definition) is 8. The molecule has 0 radical (unpaired) electrons. The number of anilines is 2. The predicted molar refractivity (Wildman–Crippen MR) is 164 cm³/mol. The lowest BCUT2D eigenvalue weighted by atomic mass is 9.82. The highest BCUT2D eigenvalue weighted by Gasteiger charge is 2.66. The summed E-state index contributed by atoms with van der Waals surface area (Å²) in [6.07, 6.45) is 1.12. The minimum atomic E-state index is -2.85. The number of carbonyl (C=O) groups is 2. The first-order valence-corrected chi connectivity index (χ1v) is 17.8. The van der Waals surface area contributed by atoms with Crippen molar-refractivity contribution in [1.82, 2.24) is 15.0 Å². The number of halogens is 1. The van der Waals surface area contributed by atoms with Gasteiger partial charge in [0.2, 0.25) is 0 Å². The van der Waals surface area contributed by atoms with Gasteiger partial charge in [-0.1, -0.05) is 35.9 Å². The van der Waals surface area contributed by atoms with Gasteiger partial charge >= 0.3 is 0 Å². The predicted octanol–water partition coefficient (Wildman–Crippen LogP) is 3.22. The van der Waals surface area contributed by atoms with E-state index in [-0.39, 0.29) is 30.5 Å². The summed E-state index contributed by atoms with van der Waals surface area (Å²) in [5, 5.41) is 30.2. The molecule has 2 aliphatic rings. The number of aliphatic hydroxyl groups excluding tert-OH is 2. The second-order valence-electron chi connectivity index (χ2n) is 12.0. The second kappa shape index (κ2) is 12.1. The van der Waals surface area contributed by atoms with Crippen LogP contribution in [0.1, 0.15) is 37.1 Å². The van der Waals surface area contributed by atoms with Crippen molar-refractivity contribution in [3.63, 3.8) is 0 Å². The fourth-order valence-corrected chi connectivity index (χ4v) is 9.36. The summed E-state index contributed by atoms with van der Waals surface area (Å²) in [7, 11) is -2.85. The number of aliphatic hydroxyl groups is 2. The first-order chi connectivity index (χ1) is 20.3. The molecule has 5 rings (SSSR count). The van der Waals surface area contributed by atoms with Crippen molar-refractivity contribution in [2.24, 2.45) is 5.92 Å². The Labute approximate surface area is 256 Å². The minimum absolute atomic E-state index is 0.0157. The number of carbonyl (C=O) groups excluding carboxylic acids is 2. The number of nitrogens with one attached hydrogen (secondary N) is 1. The molecule has 5 atom stereocenters. The number of aryl methyl sites for hydroxylation is 1. The molecule has 1 fully saturated rings. The van der Waals surface area contributed by atoms with E-state index in [4.69, 9.17) is 16.3 Å². The molecule has 1 aromatic heterocycles. The Kier molecular flexibility index (Phi) is 8.81. The van der Waals surface area contributed by atoms with Gasteiger partial charge < -0.3 is 30.0 Å². The largest absolute Gasteiger partial charge is 0.432 e. The lowest BCUT2D eigenvalue weighted by Crippen LogP contribution is -2.46. The van der Waals surface area contributed by atoms with Crippen LogP contribution >= 0.6 is 11.6 Å². The molecule has 2 aromatic carbocycles. The Morgan fingerprint density at radius 1 is 1.26 bits per heavy atom. The summed E-state index contributed by atoms with van der Waals surface area (Å²) >= 11 is 6.49. The third kappa shape index (κ3) is 6.00. The van der Waals surface area contributed by atoms with E-state index in [1.165, 1.54) is 6.92 Å². The zero-order valence-electron chi connectivity index (χ0n) is 24.7. The van der Waals surface area contributed by atoms with E-state index < -0.39 is 32.0 Å². The van der Waals surface area contributed by atoms with Gasteiger partial charge in [0, 0.05) is 53.5 Å². The monoisotopic (exact) mass is 627 g/mol. The first kappa shape index (κ1) is 31.3. The van der Waals surface area contributed by atoms with E-state index in [0.717, 1.165) is 5.56 Å². The SMILES string of the molecule is C[C@H](O)C(=O)Nc1cccc(CN2C(=O)[C@@]3(O[C@@H](CCn4cc(CCO)nn4)[C@H]([Si](C)(C)O)[C@H]3C)c3cc(Cl)ccc32)c1. The van der Waals surface area contributed by atoms with Crippen molar-refractivity contribution in [1.29, 1.82) is 0 Å². The molecule has 0 unspecified atom stereocenters. The van der Waals surface area contributed by atoms with Crippen molar-refractivity contribution in [2.45, 2.75) is 76.2 Å². The van der Waals surface area contributed by atoms with Gasteiger partial charge in [0.15, 0.2) is 13.9 Å². The maximum Gasteiger partial charge on any atom is 0.264 e. The van der Waals surface area contributed by atoms with E-state index >= 15 is 0 Å². The Morgan fingerprint density at radius 2 is 2.02 bits per heavy atom. The van der Waals surface area contributed by atoms with Crippen LogP contribution in [-0.4, -0.2) is 68.9 Å². The molecule has 13 heteroatoms. The smallest absolute Gasteiger partial charge is 0.264 e. The Hall–Kier alpha value is -3.13. The molecule has 3 aromatic rings. The average molecular weight is 628 g/mol. The van der Waals surface area contributed by atoms with E-state index in [9.17, 15) is 24.6 Å². The van der Waals surface area contributed by atoms with E-state index in [0.29, 0.717) is 47.0 Å². The molecule has 1 saturated heterocycles. The molecular weight excluding hydrogens is 590 g/mol. The zero-order chi connectivity index (χ0) is 31.1. The van der Waals surface area contributed by atoms with Crippen LogP contribution in [0.15, 0.2) is 48.7 Å². The molecule has 11 nitrogen and oxygen atoms in total. The molecule has 3 heterocycles. The van der Waals surface area contributed by atoms with Crippen LogP contribution in [0.25, 0.3) is 0 Å². The molecule has 2 amide bonds. The molecule has 0 aliphatic carbocycles. The molecular formula is C30H38ClN5O6Si. The van der Waals surface area contributed by atoms with Gasteiger partial charge in [0.25, 0.3) is 11.8 Å². The lowest BCUT2D eigenvalue weighted by Gasteiger charge is -2.32. The number of nitrogens with zero attached hydrogens (tertiary/aromatic N) is 4. The van der Waals surface area contributed by atoms with Crippen LogP contribution in [-0.2, 0) is 39.4 Å². The highest BCUT2D eigenvalue weighted by atomic mass is 35.5. The van der Waals surface area contributed by atoms with Gasteiger partial charge in [-0.3, -0.25) is 14.3 Å². The number of hydrogen-bond donors (Lipinski definition) is 4. The lowest BCUT2D eigenvalue weighted by molar-refractivity contribution is -0.146. The summed E-state index contributed by atoms with van der Waals surface area (Å²) in [5.41, 5.74) is 1.72. The number of benzene rings is 2. The number of aromatic nitrogens is 3.